The van der Waals surface area contributed by atoms with Gasteiger partial charge in [-0.1, -0.05) is 37.3 Å². The quantitative estimate of drug-likeness (QED) is 0.761. The Balaban J connectivity index is 1.79. The molecule has 1 fully saturated rings. The van der Waals surface area contributed by atoms with E-state index in [1.165, 1.54) is 12.2 Å². The van der Waals surface area contributed by atoms with Gasteiger partial charge in [0.05, 0.1) is 0 Å². The van der Waals surface area contributed by atoms with Crippen LogP contribution < -0.4 is 0 Å². The number of hydrogen-bond donors (Lipinski definition) is 0. The molecule has 18 heavy (non-hydrogen) atoms. The maximum absolute atomic E-state index is 12.0. The minimum Gasteiger partial charge on any atom is -0.301 e. The fourth-order valence-electron chi connectivity index (χ4n) is 2.26. The smallest absolute Gasteiger partial charge is 0.164 e. The van der Waals surface area contributed by atoms with Crippen LogP contribution in [0.15, 0.2) is 30.3 Å². The van der Waals surface area contributed by atoms with Crippen molar-refractivity contribution in [2.24, 2.45) is 0 Å². The van der Waals surface area contributed by atoms with Crippen LogP contribution in [0, 0.1) is 0 Å². The molecule has 1 aromatic carbocycles. The fourth-order valence-corrected chi connectivity index (χ4v) is 3.51. The zero-order chi connectivity index (χ0) is 12.8. The summed E-state index contributed by atoms with van der Waals surface area (Å²) in [4.78, 5) is 14.4. The molecule has 1 aliphatic rings. The molecular formula is C15H21NOS. The predicted octanol–water partition coefficient (Wildman–Crippen LogP) is 3.09. The molecule has 98 valence electrons. The Morgan fingerprint density at radius 1 is 1.39 bits per heavy atom. The number of Topliss-reactive ketones (excluding diaryl/α,β-unsaturated/α-hetero) is 1. The molecule has 0 aromatic heterocycles. The molecule has 0 aliphatic carbocycles. The second kappa shape index (κ2) is 6.95. The van der Waals surface area contributed by atoms with Gasteiger partial charge in [-0.2, -0.15) is 11.8 Å². The minimum absolute atomic E-state index is 0.266. The van der Waals surface area contributed by atoms with E-state index < -0.39 is 0 Å². The van der Waals surface area contributed by atoms with Crippen LogP contribution in [0.4, 0.5) is 0 Å². The fraction of sp³-hybridized carbons (Fsp3) is 0.533. The number of benzene rings is 1. The van der Waals surface area contributed by atoms with Crippen LogP contribution in [0.2, 0.25) is 0 Å². The van der Waals surface area contributed by atoms with Gasteiger partial charge in [0.1, 0.15) is 0 Å². The summed E-state index contributed by atoms with van der Waals surface area (Å²) >= 11 is 2.07. The van der Waals surface area contributed by atoms with Gasteiger partial charge in [0.2, 0.25) is 0 Å². The summed E-state index contributed by atoms with van der Waals surface area (Å²) in [6.45, 7) is 5.42. The van der Waals surface area contributed by atoms with Gasteiger partial charge in [-0.3, -0.25) is 4.79 Å². The van der Waals surface area contributed by atoms with Crippen LogP contribution in [0.1, 0.15) is 30.1 Å². The first-order valence-corrected chi connectivity index (χ1v) is 7.76. The third-order valence-electron chi connectivity index (χ3n) is 3.43. The number of carbonyl (C=O) groups excluding carboxylic acids is 1. The lowest BCUT2D eigenvalue weighted by Gasteiger charge is -2.31. The molecule has 0 N–H and O–H groups in total. The maximum Gasteiger partial charge on any atom is 0.164 e. The van der Waals surface area contributed by atoms with Gasteiger partial charge in [-0.25, -0.2) is 0 Å². The molecule has 0 saturated carbocycles. The third-order valence-corrected chi connectivity index (χ3v) is 4.80. The molecule has 1 aromatic rings. The summed E-state index contributed by atoms with van der Waals surface area (Å²) in [6, 6.07) is 9.62. The van der Waals surface area contributed by atoms with E-state index in [-0.39, 0.29) is 5.78 Å². The Labute approximate surface area is 114 Å². The molecule has 1 atom stereocenters. The average Bonchev–Trinajstić information content (AvgIpc) is 2.46. The standard InChI is InChI=1S/C15H21NOS/c1-2-14-12-16(10-11-18-14)9-8-15(17)13-6-4-3-5-7-13/h3-7,14H,2,8-12H2,1H3. The molecule has 0 spiro atoms. The molecular weight excluding hydrogens is 242 g/mol. The first-order valence-electron chi connectivity index (χ1n) is 6.72. The highest BCUT2D eigenvalue weighted by molar-refractivity contribution is 8.00. The van der Waals surface area contributed by atoms with E-state index in [1.807, 2.05) is 30.3 Å². The Bertz CT molecular complexity index is 379. The molecule has 0 bridgehead atoms. The highest BCUT2D eigenvalue weighted by atomic mass is 32.2. The van der Waals surface area contributed by atoms with Crippen LogP contribution >= 0.6 is 11.8 Å². The molecule has 1 saturated heterocycles. The Kier molecular flexibility index (Phi) is 5.26. The van der Waals surface area contributed by atoms with Crippen LogP contribution in [0.25, 0.3) is 0 Å². The Morgan fingerprint density at radius 3 is 2.89 bits per heavy atom. The maximum atomic E-state index is 12.0. The van der Waals surface area contributed by atoms with Gasteiger partial charge in [0.25, 0.3) is 0 Å². The number of ketones is 1. The molecule has 3 heteroatoms. The van der Waals surface area contributed by atoms with Crippen molar-refractivity contribution in [1.82, 2.24) is 4.90 Å². The van der Waals surface area contributed by atoms with Crippen LogP contribution in [0.5, 0.6) is 0 Å². The van der Waals surface area contributed by atoms with E-state index in [1.54, 1.807) is 0 Å². The van der Waals surface area contributed by atoms with E-state index in [4.69, 9.17) is 0 Å². The number of thioether (sulfide) groups is 1. The van der Waals surface area contributed by atoms with Crippen molar-refractivity contribution in [2.45, 2.75) is 25.0 Å². The second-order valence-electron chi connectivity index (χ2n) is 4.74. The molecule has 0 amide bonds. The lowest BCUT2D eigenvalue weighted by atomic mass is 10.1. The molecule has 1 unspecified atom stereocenters. The molecule has 2 nitrogen and oxygen atoms in total. The highest BCUT2D eigenvalue weighted by Gasteiger charge is 2.19. The van der Waals surface area contributed by atoms with E-state index in [9.17, 15) is 4.79 Å². The highest BCUT2D eigenvalue weighted by Crippen LogP contribution is 2.21. The lowest BCUT2D eigenvalue weighted by molar-refractivity contribution is 0.0964. The Morgan fingerprint density at radius 2 is 2.17 bits per heavy atom. The van der Waals surface area contributed by atoms with E-state index in [2.05, 4.69) is 23.6 Å². The molecule has 0 radical (unpaired) electrons. The van der Waals surface area contributed by atoms with Crippen molar-refractivity contribution < 1.29 is 4.79 Å². The normalized spacial score (nSPS) is 20.8. The third kappa shape index (κ3) is 3.85. The van der Waals surface area contributed by atoms with Crippen molar-refractivity contribution >= 4 is 17.5 Å². The monoisotopic (exact) mass is 263 g/mol. The summed E-state index contributed by atoms with van der Waals surface area (Å²) in [5, 5.41) is 0.755. The van der Waals surface area contributed by atoms with Crippen molar-refractivity contribution in [2.75, 3.05) is 25.4 Å². The zero-order valence-corrected chi connectivity index (χ0v) is 11.8. The molecule has 2 rings (SSSR count). The Hall–Kier alpha value is -0.800. The van der Waals surface area contributed by atoms with Gasteiger partial charge in [0, 0.05) is 42.6 Å². The van der Waals surface area contributed by atoms with Gasteiger partial charge < -0.3 is 4.90 Å². The van der Waals surface area contributed by atoms with E-state index in [0.717, 1.165) is 30.4 Å². The second-order valence-corrected chi connectivity index (χ2v) is 6.15. The topological polar surface area (TPSA) is 20.3 Å². The summed E-state index contributed by atoms with van der Waals surface area (Å²) < 4.78 is 0. The first-order chi connectivity index (χ1) is 8.79. The summed E-state index contributed by atoms with van der Waals surface area (Å²) in [5.74, 6) is 1.47. The van der Waals surface area contributed by atoms with Crippen LogP contribution in [0.3, 0.4) is 0 Å². The average molecular weight is 263 g/mol. The van der Waals surface area contributed by atoms with E-state index >= 15 is 0 Å². The van der Waals surface area contributed by atoms with Gasteiger partial charge >= 0.3 is 0 Å². The summed E-state index contributed by atoms with van der Waals surface area (Å²) in [5.41, 5.74) is 0.843. The summed E-state index contributed by atoms with van der Waals surface area (Å²) in [7, 11) is 0. The van der Waals surface area contributed by atoms with Crippen molar-refractivity contribution in [1.29, 1.82) is 0 Å². The summed E-state index contributed by atoms with van der Waals surface area (Å²) in [6.07, 6.45) is 1.87. The van der Waals surface area contributed by atoms with Crippen molar-refractivity contribution in [3.63, 3.8) is 0 Å². The largest absolute Gasteiger partial charge is 0.301 e. The number of nitrogens with zero attached hydrogens (tertiary/aromatic N) is 1. The lowest BCUT2D eigenvalue weighted by Crippen LogP contribution is -2.38. The zero-order valence-electron chi connectivity index (χ0n) is 11.0. The van der Waals surface area contributed by atoms with Gasteiger partial charge in [-0.05, 0) is 6.42 Å². The molecule has 1 aliphatic heterocycles. The molecule has 1 heterocycles. The van der Waals surface area contributed by atoms with Gasteiger partial charge in [0.15, 0.2) is 5.78 Å². The van der Waals surface area contributed by atoms with Crippen molar-refractivity contribution in [3.8, 4) is 0 Å². The predicted molar refractivity (Wildman–Crippen MR) is 78.4 cm³/mol. The number of rotatable bonds is 5. The minimum atomic E-state index is 0.266. The van der Waals surface area contributed by atoms with Crippen molar-refractivity contribution in [3.05, 3.63) is 35.9 Å². The van der Waals surface area contributed by atoms with Gasteiger partial charge in [-0.15, -0.1) is 0 Å². The first kappa shape index (κ1) is 13.6. The van der Waals surface area contributed by atoms with Crippen LogP contribution in [-0.2, 0) is 0 Å². The van der Waals surface area contributed by atoms with E-state index in [0.29, 0.717) is 6.42 Å². The number of hydrogen-bond acceptors (Lipinski definition) is 3. The SMILES string of the molecule is CCC1CN(CCC(=O)c2ccccc2)CCS1. The van der Waals surface area contributed by atoms with Crippen LogP contribution in [-0.4, -0.2) is 41.3 Å². The number of carbonyl (C=O) groups is 1.